The Kier molecular flexibility index (Phi) is 4.82. The lowest BCUT2D eigenvalue weighted by Crippen LogP contribution is -2.15. The van der Waals surface area contributed by atoms with Crippen LogP contribution in [0, 0.1) is 0 Å². The van der Waals surface area contributed by atoms with E-state index in [4.69, 9.17) is 9.47 Å². The van der Waals surface area contributed by atoms with Crippen LogP contribution in [0.2, 0.25) is 0 Å². The van der Waals surface area contributed by atoms with E-state index in [-0.39, 0.29) is 6.29 Å². The number of thiophene rings is 1. The summed E-state index contributed by atoms with van der Waals surface area (Å²) in [4.78, 5) is 2.14. The third kappa shape index (κ3) is 3.72. The quantitative estimate of drug-likeness (QED) is 0.736. The summed E-state index contributed by atoms with van der Waals surface area (Å²) in [6.07, 6.45) is -0.210. The molecule has 1 atom stereocenters. The highest BCUT2D eigenvalue weighted by atomic mass is 32.1. The van der Waals surface area contributed by atoms with Crippen LogP contribution < -0.4 is 9.64 Å². The molecule has 0 saturated heterocycles. The zero-order valence-corrected chi connectivity index (χ0v) is 12.3. The Bertz CT molecular complexity index is 498. The minimum atomic E-state index is -0.210. The van der Waals surface area contributed by atoms with Crippen LogP contribution >= 0.6 is 11.3 Å². The molecular weight excluding hydrogens is 258 g/mol. The molecule has 1 unspecified atom stereocenters. The second kappa shape index (κ2) is 6.59. The van der Waals surface area contributed by atoms with E-state index in [9.17, 15) is 0 Å². The van der Waals surface area contributed by atoms with E-state index in [1.165, 1.54) is 0 Å². The molecular formula is C15H19NO2S. The number of nitrogens with zero attached hydrogens (tertiary/aromatic N) is 1. The lowest BCUT2D eigenvalue weighted by atomic mass is 10.3. The molecule has 19 heavy (non-hydrogen) atoms. The van der Waals surface area contributed by atoms with Crippen LogP contribution in [0.5, 0.6) is 5.06 Å². The van der Waals surface area contributed by atoms with Crippen molar-refractivity contribution < 1.29 is 9.47 Å². The lowest BCUT2D eigenvalue weighted by Gasteiger charge is -2.17. The number of hydrogen-bond acceptors (Lipinski definition) is 4. The van der Waals surface area contributed by atoms with E-state index in [0.29, 0.717) is 6.61 Å². The van der Waals surface area contributed by atoms with Crippen LogP contribution in [0.25, 0.3) is 0 Å². The second-order valence-corrected chi connectivity index (χ2v) is 5.15. The van der Waals surface area contributed by atoms with Gasteiger partial charge in [-0.3, -0.25) is 0 Å². The number of rotatable bonds is 6. The Morgan fingerprint density at radius 3 is 2.58 bits per heavy atom. The zero-order chi connectivity index (χ0) is 13.7. The van der Waals surface area contributed by atoms with Gasteiger partial charge in [0.2, 0.25) is 0 Å². The molecule has 0 bridgehead atoms. The molecule has 0 spiro atoms. The number of para-hydroxylation sites is 1. The van der Waals surface area contributed by atoms with E-state index in [2.05, 4.69) is 30.1 Å². The van der Waals surface area contributed by atoms with Crippen molar-refractivity contribution in [1.29, 1.82) is 0 Å². The van der Waals surface area contributed by atoms with E-state index >= 15 is 0 Å². The van der Waals surface area contributed by atoms with Gasteiger partial charge in [0.25, 0.3) is 0 Å². The Morgan fingerprint density at radius 1 is 1.16 bits per heavy atom. The summed E-state index contributed by atoms with van der Waals surface area (Å²) >= 11 is 1.61. The van der Waals surface area contributed by atoms with Crippen molar-refractivity contribution >= 4 is 22.0 Å². The van der Waals surface area contributed by atoms with E-state index < -0.39 is 0 Å². The van der Waals surface area contributed by atoms with Gasteiger partial charge in [-0.15, -0.1) is 0 Å². The summed E-state index contributed by atoms with van der Waals surface area (Å²) in [5.74, 6) is 0. The molecule has 4 heteroatoms. The largest absolute Gasteiger partial charge is 0.456 e. The van der Waals surface area contributed by atoms with Gasteiger partial charge in [0.15, 0.2) is 11.4 Å². The Hall–Kier alpha value is -1.52. The normalized spacial score (nSPS) is 12.2. The molecule has 3 nitrogen and oxygen atoms in total. The first-order valence-electron chi connectivity index (χ1n) is 6.37. The smallest absolute Gasteiger partial charge is 0.197 e. The Balaban J connectivity index is 2.04. The molecule has 1 aromatic heterocycles. The van der Waals surface area contributed by atoms with Crippen molar-refractivity contribution in [3.05, 3.63) is 42.5 Å². The van der Waals surface area contributed by atoms with Crippen LogP contribution in [0.1, 0.15) is 13.8 Å². The van der Waals surface area contributed by atoms with E-state index in [0.717, 1.165) is 15.8 Å². The first-order chi connectivity index (χ1) is 9.20. The molecule has 0 saturated carbocycles. The Labute approximate surface area is 118 Å². The van der Waals surface area contributed by atoms with Gasteiger partial charge < -0.3 is 14.4 Å². The van der Waals surface area contributed by atoms with Gasteiger partial charge in [-0.1, -0.05) is 29.5 Å². The molecule has 0 aliphatic rings. The fraction of sp³-hybridized carbons (Fsp3) is 0.333. The summed E-state index contributed by atoms with van der Waals surface area (Å²) in [6.45, 7) is 4.52. The third-order valence-electron chi connectivity index (χ3n) is 2.72. The Morgan fingerprint density at radius 2 is 1.89 bits per heavy atom. The average Bonchev–Trinajstić information content (AvgIpc) is 2.87. The molecule has 0 N–H and O–H groups in total. The highest BCUT2D eigenvalue weighted by molar-refractivity contribution is 7.17. The monoisotopic (exact) mass is 277 g/mol. The minimum Gasteiger partial charge on any atom is -0.456 e. The maximum Gasteiger partial charge on any atom is 0.197 e. The summed E-state index contributed by atoms with van der Waals surface area (Å²) in [5, 5.41) is 2.02. The molecule has 0 aliphatic carbocycles. The number of ether oxygens (including phenoxy) is 2. The van der Waals surface area contributed by atoms with Gasteiger partial charge >= 0.3 is 0 Å². The van der Waals surface area contributed by atoms with Gasteiger partial charge in [0.1, 0.15) is 0 Å². The fourth-order valence-corrected chi connectivity index (χ4v) is 2.67. The minimum absolute atomic E-state index is 0.210. The van der Waals surface area contributed by atoms with Crippen LogP contribution in [-0.4, -0.2) is 19.9 Å². The number of benzene rings is 1. The van der Waals surface area contributed by atoms with Gasteiger partial charge in [0, 0.05) is 19.3 Å². The third-order valence-corrected chi connectivity index (χ3v) is 3.78. The lowest BCUT2D eigenvalue weighted by molar-refractivity contribution is -0.0592. The summed E-state index contributed by atoms with van der Waals surface area (Å²) < 4.78 is 11.1. The molecule has 0 fully saturated rings. The second-order valence-electron chi connectivity index (χ2n) is 4.13. The number of hydrogen-bond donors (Lipinski definition) is 0. The zero-order valence-electron chi connectivity index (χ0n) is 11.5. The topological polar surface area (TPSA) is 21.7 Å². The first-order valence-corrected chi connectivity index (χ1v) is 7.19. The standard InChI is InChI=1S/C15H19NO2S/c1-4-17-12(2)18-15-11-10-14(19-15)16(3)13-8-6-5-7-9-13/h5-12H,4H2,1-3H3. The molecule has 2 aromatic rings. The van der Waals surface area contributed by atoms with Crippen molar-refractivity contribution in [3.63, 3.8) is 0 Å². The highest BCUT2D eigenvalue weighted by Gasteiger charge is 2.10. The molecule has 102 valence electrons. The summed E-state index contributed by atoms with van der Waals surface area (Å²) in [6, 6.07) is 14.3. The van der Waals surface area contributed by atoms with Gasteiger partial charge in [-0.05, 0) is 38.1 Å². The van der Waals surface area contributed by atoms with Crippen molar-refractivity contribution in [2.24, 2.45) is 0 Å². The van der Waals surface area contributed by atoms with Crippen LogP contribution in [-0.2, 0) is 4.74 Å². The maximum absolute atomic E-state index is 5.69. The van der Waals surface area contributed by atoms with Crippen molar-refractivity contribution in [3.8, 4) is 5.06 Å². The maximum atomic E-state index is 5.69. The van der Waals surface area contributed by atoms with E-state index in [1.54, 1.807) is 11.3 Å². The van der Waals surface area contributed by atoms with Crippen molar-refractivity contribution in [2.75, 3.05) is 18.6 Å². The summed E-state index contributed by atoms with van der Waals surface area (Å²) in [5.41, 5.74) is 1.16. The van der Waals surface area contributed by atoms with Gasteiger partial charge in [-0.25, -0.2) is 0 Å². The molecule has 0 aliphatic heterocycles. The van der Waals surface area contributed by atoms with Crippen molar-refractivity contribution in [2.45, 2.75) is 20.1 Å². The predicted octanol–water partition coefficient (Wildman–Crippen LogP) is 4.28. The molecule has 0 radical (unpaired) electrons. The van der Waals surface area contributed by atoms with E-state index in [1.807, 2.05) is 38.1 Å². The molecule has 1 aromatic carbocycles. The average molecular weight is 277 g/mol. The van der Waals surface area contributed by atoms with Crippen LogP contribution in [0.4, 0.5) is 10.7 Å². The number of anilines is 2. The van der Waals surface area contributed by atoms with Crippen LogP contribution in [0.3, 0.4) is 0 Å². The van der Waals surface area contributed by atoms with Crippen LogP contribution in [0.15, 0.2) is 42.5 Å². The first kappa shape index (κ1) is 13.9. The summed E-state index contributed by atoms with van der Waals surface area (Å²) in [7, 11) is 2.05. The highest BCUT2D eigenvalue weighted by Crippen LogP contribution is 2.35. The molecule has 0 amide bonds. The predicted molar refractivity (Wildman–Crippen MR) is 80.5 cm³/mol. The molecule has 1 heterocycles. The van der Waals surface area contributed by atoms with Gasteiger partial charge in [-0.2, -0.15) is 0 Å². The SMILES string of the molecule is CCOC(C)Oc1ccc(N(C)c2ccccc2)s1. The molecule has 2 rings (SSSR count). The fourth-order valence-electron chi connectivity index (χ4n) is 1.77. The van der Waals surface area contributed by atoms with Crippen molar-refractivity contribution in [1.82, 2.24) is 0 Å². The van der Waals surface area contributed by atoms with Gasteiger partial charge in [0.05, 0.1) is 5.00 Å².